The summed E-state index contributed by atoms with van der Waals surface area (Å²) in [6.45, 7) is 6.82. The molecule has 0 aromatic heterocycles. The van der Waals surface area contributed by atoms with Crippen LogP contribution in [-0.2, 0) is 17.7 Å². The first-order valence-electron chi connectivity index (χ1n) is 9.81. The smallest absolute Gasteiger partial charge is 0.412 e. The second kappa shape index (κ2) is 12.8. The number of ether oxygens (including phenoxy) is 1. The van der Waals surface area contributed by atoms with Crippen molar-refractivity contribution in [1.82, 2.24) is 10.6 Å². The Morgan fingerprint density at radius 1 is 1.03 bits per heavy atom. The summed E-state index contributed by atoms with van der Waals surface area (Å²) in [5, 5.41) is 18.1. The number of guanidine groups is 1. The topological polar surface area (TPSA) is 98.5 Å². The van der Waals surface area contributed by atoms with Gasteiger partial charge in [0.05, 0.1) is 11.6 Å². The molecule has 0 saturated carbocycles. The minimum atomic E-state index is -0.525. The Bertz CT molecular complexity index is 898. The SMILES string of the molecule is CN=C(NCCc1ccc(NC(=O)OC(C)(C)C)cc1)NCc1ccc(C#N)cc1.I. The predicted molar refractivity (Wildman–Crippen MR) is 135 cm³/mol. The predicted octanol–water partition coefficient (Wildman–Crippen LogP) is 4.43. The molecule has 0 aliphatic carbocycles. The van der Waals surface area contributed by atoms with Gasteiger partial charge in [0.1, 0.15) is 5.60 Å². The zero-order valence-electron chi connectivity index (χ0n) is 18.4. The highest BCUT2D eigenvalue weighted by molar-refractivity contribution is 14.0. The van der Waals surface area contributed by atoms with Gasteiger partial charge in [-0.1, -0.05) is 24.3 Å². The first-order valence-corrected chi connectivity index (χ1v) is 9.81. The van der Waals surface area contributed by atoms with Crippen molar-refractivity contribution >= 4 is 41.7 Å². The molecule has 0 unspecified atom stereocenters. The molecule has 2 rings (SSSR count). The summed E-state index contributed by atoms with van der Waals surface area (Å²) in [6, 6.07) is 17.2. The molecule has 1 amide bonds. The van der Waals surface area contributed by atoms with Crippen LogP contribution in [0, 0.1) is 11.3 Å². The van der Waals surface area contributed by atoms with Gasteiger partial charge >= 0.3 is 6.09 Å². The monoisotopic (exact) mass is 535 g/mol. The van der Waals surface area contributed by atoms with Gasteiger partial charge in [0.25, 0.3) is 0 Å². The van der Waals surface area contributed by atoms with Crippen molar-refractivity contribution in [2.45, 2.75) is 39.3 Å². The molecule has 2 aromatic carbocycles. The minimum absolute atomic E-state index is 0. The fraction of sp³-hybridized carbons (Fsp3) is 0.348. The maximum Gasteiger partial charge on any atom is 0.412 e. The molecule has 0 atom stereocenters. The molecular formula is C23H30IN5O2. The summed E-state index contributed by atoms with van der Waals surface area (Å²) >= 11 is 0. The normalized spacial score (nSPS) is 11.0. The Hall–Kier alpha value is -2.80. The number of benzene rings is 2. The van der Waals surface area contributed by atoms with Gasteiger partial charge < -0.3 is 15.4 Å². The summed E-state index contributed by atoms with van der Waals surface area (Å²) in [7, 11) is 1.73. The van der Waals surface area contributed by atoms with Gasteiger partial charge in [-0.05, 0) is 62.6 Å². The van der Waals surface area contributed by atoms with Gasteiger partial charge in [0.2, 0.25) is 0 Å². The molecule has 0 radical (unpaired) electrons. The number of nitrogens with one attached hydrogen (secondary N) is 3. The number of nitriles is 1. The largest absolute Gasteiger partial charge is 0.444 e. The van der Waals surface area contributed by atoms with Gasteiger partial charge in [0, 0.05) is 25.8 Å². The molecule has 8 heteroatoms. The summed E-state index contributed by atoms with van der Waals surface area (Å²) in [4.78, 5) is 16.0. The first-order chi connectivity index (χ1) is 14.3. The number of carbonyl (C=O) groups is 1. The molecule has 0 fully saturated rings. The van der Waals surface area contributed by atoms with E-state index in [9.17, 15) is 4.79 Å². The molecule has 0 aliphatic heterocycles. The van der Waals surface area contributed by atoms with E-state index in [1.54, 1.807) is 19.2 Å². The van der Waals surface area contributed by atoms with Crippen LogP contribution in [0.4, 0.5) is 10.5 Å². The van der Waals surface area contributed by atoms with E-state index in [2.05, 4.69) is 27.0 Å². The Labute approximate surface area is 201 Å². The molecular weight excluding hydrogens is 505 g/mol. The van der Waals surface area contributed by atoms with Crippen LogP contribution in [0.1, 0.15) is 37.5 Å². The van der Waals surface area contributed by atoms with Crippen molar-refractivity contribution in [2.75, 3.05) is 18.9 Å². The van der Waals surface area contributed by atoms with Crippen molar-refractivity contribution in [3.63, 3.8) is 0 Å². The molecule has 2 aromatic rings. The van der Waals surface area contributed by atoms with E-state index >= 15 is 0 Å². The van der Waals surface area contributed by atoms with Crippen LogP contribution in [0.3, 0.4) is 0 Å². The van der Waals surface area contributed by atoms with Crippen LogP contribution in [-0.4, -0.2) is 31.2 Å². The highest BCUT2D eigenvalue weighted by atomic mass is 127. The summed E-state index contributed by atoms with van der Waals surface area (Å²) in [5.74, 6) is 0.711. The third kappa shape index (κ3) is 10.2. The zero-order chi connectivity index (χ0) is 22.0. The quantitative estimate of drug-likeness (QED) is 0.289. The number of hydrogen-bond donors (Lipinski definition) is 3. The van der Waals surface area contributed by atoms with E-state index < -0.39 is 11.7 Å². The number of rotatable bonds is 6. The molecule has 0 saturated heterocycles. The van der Waals surface area contributed by atoms with E-state index in [0.29, 0.717) is 30.3 Å². The average Bonchev–Trinajstić information content (AvgIpc) is 2.70. The van der Waals surface area contributed by atoms with Crippen molar-refractivity contribution in [2.24, 2.45) is 4.99 Å². The number of amides is 1. The highest BCUT2D eigenvalue weighted by Gasteiger charge is 2.16. The number of nitrogens with zero attached hydrogens (tertiary/aromatic N) is 2. The second-order valence-corrected chi connectivity index (χ2v) is 7.74. The summed E-state index contributed by atoms with van der Waals surface area (Å²) < 4.78 is 5.25. The third-order valence-corrected chi connectivity index (χ3v) is 4.07. The number of anilines is 1. The Morgan fingerprint density at radius 2 is 1.65 bits per heavy atom. The van der Waals surface area contributed by atoms with Gasteiger partial charge in [-0.25, -0.2) is 4.79 Å². The average molecular weight is 535 g/mol. The summed E-state index contributed by atoms with van der Waals surface area (Å²) in [5.41, 5.74) is 3.03. The maximum absolute atomic E-state index is 11.8. The number of carbonyl (C=O) groups excluding carboxylic acids is 1. The lowest BCUT2D eigenvalue weighted by molar-refractivity contribution is 0.0636. The lowest BCUT2D eigenvalue weighted by Gasteiger charge is -2.19. The van der Waals surface area contributed by atoms with Crippen LogP contribution in [0.5, 0.6) is 0 Å². The number of aliphatic imine (C=N–C) groups is 1. The first kappa shape index (κ1) is 26.2. The standard InChI is InChI=1S/C23H29N5O2.HI/c1-23(2,3)30-22(29)28-20-11-9-17(10-12-20)13-14-26-21(25-4)27-16-19-7-5-18(15-24)6-8-19;/h5-12H,13-14,16H2,1-4H3,(H,28,29)(H2,25,26,27);1H. The van der Waals surface area contributed by atoms with E-state index in [1.807, 2.05) is 57.2 Å². The van der Waals surface area contributed by atoms with E-state index in [-0.39, 0.29) is 24.0 Å². The second-order valence-electron chi connectivity index (χ2n) is 7.74. The highest BCUT2D eigenvalue weighted by Crippen LogP contribution is 2.13. The molecule has 31 heavy (non-hydrogen) atoms. The fourth-order valence-electron chi connectivity index (χ4n) is 2.60. The Kier molecular flexibility index (Phi) is 10.8. The maximum atomic E-state index is 11.8. The van der Waals surface area contributed by atoms with Gasteiger partial charge in [-0.3, -0.25) is 10.3 Å². The lowest BCUT2D eigenvalue weighted by atomic mass is 10.1. The molecule has 0 aliphatic rings. The van der Waals surface area contributed by atoms with Crippen LogP contribution < -0.4 is 16.0 Å². The molecule has 0 bridgehead atoms. The third-order valence-electron chi connectivity index (χ3n) is 4.07. The molecule has 7 nitrogen and oxygen atoms in total. The van der Waals surface area contributed by atoms with Crippen LogP contribution >= 0.6 is 24.0 Å². The lowest BCUT2D eigenvalue weighted by Crippen LogP contribution is -2.37. The van der Waals surface area contributed by atoms with Crippen LogP contribution in [0.25, 0.3) is 0 Å². The van der Waals surface area contributed by atoms with Gasteiger partial charge in [-0.2, -0.15) is 5.26 Å². The van der Waals surface area contributed by atoms with Crippen molar-refractivity contribution in [3.05, 3.63) is 65.2 Å². The van der Waals surface area contributed by atoms with E-state index in [4.69, 9.17) is 10.00 Å². The van der Waals surface area contributed by atoms with Gasteiger partial charge in [0.15, 0.2) is 5.96 Å². The van der Waals surface area contributed by atoms with E-state index in [0.717, 1.165) is 17.5 Å². The van der Waals surface area contributed by atoms with Crippen molar-refractivity contribution in [1.29, 1.82) is 5.26 Å². The molecule has 0 spiro atoms. The van der Waals surface area contributed by atoms with E-state index in [1.165, 1.54) is 0 Å². The number of halogens is 1. The van der Waals surface area contributed by atoms with Crippen LogP contribution in [0.2, 0.25) is 0 Å². The van der Waals surface area contributed by atoms with Crippen LogP contribution in [0.15, 0.2) is 53.5 Å². The molecule has 3 N–H and O–H groups in total. The zero-order valence-corrected chi connectivity index (χ0v) is 20.7. The minimum Gasteiger partial charge on any atom is -0.444 e. The molecule has 166 valence electrons. The number of hydrogen-bond acceptors (Lipinski definition) is 4. The molecule has 0 heterocycles. The Balaban J connectivity index is 0.00000480. The van der Waals surface area contributed by atoms with Crippen molar-refractivity contribution < 1.29 is 9.53 Å². The van der Waals surface area contributed by atoms with Gasteiger partial charge in [-0.15, -0.1) is 24.0 Å². The fourth-order valence-corrected chi connectivity index (χ4v) is 2.60. The summed E-state index contributed by atoms with van der Waals surface area (Å²) in [6.07, 6.45) is 0.346. The van der Waals surface area contributed by atoms with Crippen molar-refractivity contribution in [3.8, 4) is 6.07 Å². The Morgan fingerprint density at radius 3 is 2.19 bits per heavy atom.